The van der Waals surface area contributed by atoms with Gasteiger partial charge in [0.25, 0.3) is 0 Å². The molecule has 0 amide bonds. The van der Waals surface area contributed by atoms with Crippen LogP contribution in [0.15, 0.2) is 60.7 Å². The molecule has 2 aromatic rings. The molecule has 0 aromatic heterocycles. The van der Waals surface area contributed by atoms with Gasteiger partial charge in [-0.2, -0.15) is 0 Å². The topological polar surface area (TPSA) is 32.3 Å². The van der Waals surface area contributed by atoms with Gasteiger partial charge in [0.05, 0.1) is 5.60 Å². The van der Waals surface area contributed by atoms with Crippen molar-refractivity contribution in [3.63, 3.8) is 0 Å². The third-order valence-corrected chi connectivity index (χ3v) is 4.56. The zero-order valence-corrected chi connectivity index (χ0v) is 12.3. The molecule has 1 saturated carbocycles. The number of aliphatic hydroxyl groups is 1. The molecule has 0 aliphatic heterocycles. The first-order valence-electron chi connectivity index (χ1n) is 7.81. The summed E-state index contributed by atoms with van der Waals surface area (Å²) >= 11 is 0. The van der Waals surface area contributed by atoms with E-state index in [1.807, 2.05) is 36.4 Å². The lowest BCUT2D eigenvalue weighted by atomic mass is 9.78. The lowest BCUT2D eigenvalue weighted by molar-refractivity contribution is -0.00847. The van der Waals surface area contributed by atoms with E-state index in [0.717, 1.165) is 37.8 Å². The van der Waals surface area contributed by atoms with Crippen LogP contribution < -0.4 is 5.32 Å². The summed E-state index contributed by atoms with van der Waals surface area (Å²) < 4.78 is 0. The van der Waals surface area contributed by atoms with Crippen molar-refractivity contribution >= 4 is 0 Å². The van der Waals surface area contributed by atoms with E-state index in [0.29, 0.717) is 6.04 Å². The molecule has 2 N–H and O–H groups in total. The summed E-state index contributed by atoms with van der Waals surface area (Å²) in [6.45, 7) is 0.912. The van der Waals surface area contributed by atoms with E-state index >= 15 is 0 Å². The molecule has 0 unspecified atom stereocenters. The van der Waals surface area contributed by atoms with Crippen LogP contribution in [-0.4, -0.2) is 11.1 Å². The van der Waals surface area contributed by atoms with E-state index in [9.17, 15) is 5.11 Å². The average Bonchev–Trinajstić information content (AvgIpc) is 2.56. The van der Waals surface area contributed by atoms with Gasteiger partial charge in [-0.25, -0.2) is 0 Å². The maximum absolute atomic E-state index is 10.8. The van der Waals surface area contributed by atoms with Crippen LogP contribution in [0.3, 0.4) is 0 Å². The van der Waals surface area contributed by atoms with Gasteiger partial charge in [-0.15, -0.1) is 0 Å². The highest BCUT2D eigenvalue weighted by Gasteiger charge is 2.34. The zero-order chi connectivity index (χ0) is 14.5. The normalized spacial score (nSPS) is 25.7. The Bertz CT molecular complexity index is 544. The highest BCUT2D eigenvalue weighted by Crippen LogP contribution is 2.36. The molecule has 0 saturated heterocycles. The maximum Gasteiger partial charge on any atom is 0.0897 e. The smallest absolute Gasteiger partial charge is 0.0897 e. The van der Waals surface area contributed by atoms with E-state index in [1.165, 1.54) is 5.56 Å². The van der Waals surface area contributed by atoms with Crippen molar-refractivity contribution in [2.24, 2.45) is 0 Å². The first-order chi connectivity index (χ1) is 10.3. The Morgan fingerprint density at radius 3 is 2.10 bits per heavy atom. The zero-order valence-electron chi connectivity index (χ0n) is 12.3. The summed E-state index contributed by atoms with van der Waals surface area (Å²) in [7, 11) is 0. The van der Waals surface area contributed by atoms with E-state index in [2.05, 4.69) is 29.6 Å². The Kier molecular flexibility index (Phi) is 4.37. The lowest BCUT2D eigenvalue weighted by Gasteiger charge is -2.36. The largest absolute Gasteiger partial charge is 0.385 e. The number of rotatable bonds is 4. The molecular weight excluding hydrogens is 258 g/mol. The minimum absolute atomic E-state index is 0.509. The van der Waals surface area contributed by atoms with Crippen molar-refractivity contribution in [1.29, 1.82) is 0 Å². The van der Waals surface area contributed by atoms with Crippen molar-refractivity contribution in [1.82, 2.24) is 5.32 Å². The van der Waals surface area contributed by atoms with Crippen molar-refractivity contribution in [2.45, 2.75) is 43.9 Å². The molecule has 2 heteroatoms. The summed E-state index contributed by atoms with van der Waals surface area (Å²) in [5.74, 6) is 0. The predicted molar refractivity (Wildman–Crippen MR) is 85.9 cm³/mol. The van der Waals surface area contributed by atoms with Gasteiger partial charge in [0, 0.05) is 12.6 Å². The van der Waals surface area contributed by atoms with Crippen LogP contribution in [0.5, 0.6) is 0 Å². The molecule has 0 heterocycles. The Labute approximate surface area is 126 Å². The fourth-order valence-corrected chi connectivity index (χ4v) is 3.19. The summed E-state index contributed by atoms with van der Waals surface area (Å²) in [5, 5.41) is 14.4. The highest BCUT2D eigenvalue weighted by atomic mass is 16.3. The van der Waals surface area contributed by atoms with Crippen molar-refractivity contribution in [3.8, 4) is 0 Å². The van der Waals surface area contributed by atoms with Crippen LogP contribution in [0.4, 0.5) is 0 Å². The molecule has 0 atom stereocenters. The maximum atomic E-state index is 10.8. The molecule has 21 heavy (non-hydrogen) atoms. The molecule has 3 rings (SSSR count). The van der Waals surface area contributed by atoms with Crippen molar-refractivity contribution in [2.75, 3.05) is 0 Å². The fraction of sp³-hybridized carbons (Fsp3) is 0.368. The third-order valence-electron chi connectivity index (χ3n) is 4.56. The first kappa shape index (κ1) is 14.3. The van der Waals surface area contributed by atoms with Crippen LogP contribution in [0.2, 0.25) is 0 Å². The molecule has 2 aromatic carbocycles. The van der Waals surface area contributed by atoms with Crippen molar-refractivity contribution in [3.05, 3.63) is 71.8 Å². The quantitative estimate of drug-likeness (QED) is 0.897. The number of hydrogen-bond acceptors (Lipinski definition) is 2. The molecule has 1 aliphatic carbocycles. The monoisotopic (exact) mass is 281 g/mol. The van der Waals surface area contributed by atoms with E-state index in [-0.39, 0.29) is 0 Å². The van der Waals surface area contributed by atoms with Crippen LogP contribution in [-0.2, 0) is 12.1 Å². The Morgan fingerprint density at radius 1 is 0.905 bits per heavy atom. The number of hydrogen-bond donors (Lipinski definition) is 2. The summed E-state index contributed by atoms with van der Waals surface area (Å²) in [6.07, 6.45) is 3.73. The lowest BCUT2D eigenvalue weighted by Crippen LogP contribution is -2.39. The van der Waals surface area contributed by atoms with Gasteiger partial charge in [-0.1, -0.05) is 60.7 Å². The molecule has 0 radical (unpaired) electrons. The Hall–Kier alpha value is -1.64. The van der Waals surface area contributed by atoms with Gasteiger partial charge in [0.15, 0.2) is 0 Å². The highest BCUT2D eigenvalue weighted by molar-refractivity contribution is 5.23. The first-order valence-corrected chi connectivity index (χ1v) is 7.81. The van der Waals surface area contributed by atoms with E-state index < -0.39 is 5.60 Å². The van der Waals surface area contributed by atoms with Gasteiger partial charge < -0.3 is 10.4 Å². The number of benzene rings is 2. The van der Waals surface area contributed by atoms with Crippen LogP contribution in [0, 0.1) is 0 Å². The number of nitrogens with one attached hydrogen (secondary N) is 1. The van der Waals surface area contributed by atoms with Gasteiger partial charge in [-0.3, -0.25) is 0 Å². The van der Waals surface area contributed by atoms with Gasteiger partial charge >= 0.3 is 0 Å². The van der Waals surface area contributed by atoms with Crippen molar-refractivity contribution < 1.29 is 5.11 Å². The molecule has 1 fully saturated rings. The molecule has 110 valence electrons. The molecule has 0 bridgehead atoms. The van der Waals surface area contributed by atoms with Crippen LogP contribution >= 0.6 is 0 Å². The minimum Gasteiger partial charge on any atom is -0.385 e. The minimum atomic E-state index is -0.633. The second kappa shape index (κ2) is 6.42. The van der Waals surface area contributed by atoms with Crippen LogP contribution in [0.25, 0.3) is 0 Å². The molecular formula is C19H23NO. The average molecular weight is 281 g/mol. The SMILES string of the molecule is O[C@]1(c2ccccc2)CC[C@H](NCc2ccccc2)CC1. The second-order valence-corrected chi connectivity index (χ2v) is 6.04. The molecule has 0 spiro atoms. The Morgan fingerprint density at radius 2 is 1.48 bits per heavy atom. The van der Waals surface area contributed by atoms with E-state index in [4.69, 9.17) is 0 Å². The summed E-state index contributed by atoms with van der Waals surface area (Å²) in [4.78, 5) is 0. The van der Waals surface area contributed by atoms with Gasteiger partial charge in [0.2, 0.25) is 0 Å². The third kappa shape index (κ3) is 3.52. The molecule has 2 nitrogen and oxygen atoms in total. The van der Waals surface area contributed by atoms with Gasteiger partial charge in [-0.05, 0) is 36.8 Å². The van der Waals surface area contributed by atoms with Gasteiger partial charge in [0.1, 0.15) is 0 Å². The second-order valence-electron chi connectivity index (χ2n) is 6.04. The van der Waals surface area contributed by atoms with E-state index in [1.54, 1.807) is 0 Å². The summed E-state index contributed by atoms with van der Waals surface area (Å²) in [5.41, 5.74) is 1.75. The predicted octanol–water partition coefficient (Wildman–Crippen LogP) is 3.61. The summed E-state index contributed by atoms with van der Waals surface area (Å²) in [6, 6.07) is 21.1. The fourth-order valence-electron chi connectivity index (χ4n) is 3.19. The van der Waals surface area contributed by atoms with Crippen LogP contribution in [0.1, 0.15) is 36.8 Å². The Balaban J connectivity index is 1.53. The molecule has 1 aliphatic rings. The standard InChI is InChI=1S/C19H23NO/c21-19(17-9-5-2-6-10-17)13-11-18(12-14-19)20-15-16-7-3-1-4-8-16/h1-10,18,20-21H,11-15H2/t18-,19+.